The molecule has 0 aliphatic carbocycles. The first-order valence-corrected chi connectivity index (χ1v) is 4.61. The molecule has 0 fully saturated rings. The van der Waals surface area contributed by atoms with Crippen LogP contribution in [0.3, 0.4) is 0 Å². The van der Waals surface area contributed by atoms with Crippen molar-refractivity contribution < 1.29 is 9.53 Å². The maximum Gasteiger partial charge on any atom is 0.255 e. The van der Waals surface area contributed by atoms with Crippen molar-refractivity contribution in [1.29, 1.82) is 0 Å². The first-order valence-electron chi connectivity index (χ1n) is 4.61. The molecule has 5 nitrogen and oxygen atoms in total. The van der Waals surface area contributed by atoms with Crippen LogP contribution < -0.4 is 21.9 Å². The van der Waals surface area contributed by atoms with Gasteiger partial charge >= 0.3 is 0 Å². The van der Waals surface area contributed by atoms with Gasteiger partial charge in [-0.05, 0) is 6.07 Å². The van der Waals surface area contributed by atoms with Gasteiger partial charge in [-0.1, -0.05) is 18.2 Å². The molecule has 6 N–H and O–H groups in total. The van der Waals surface area contributed by atoms with E-state index in [2.05, 4.69) is 0 Å². The van der Waals surface area contributed by atoms with E-state index in [9.17, 15) is 4.79 Å². The third kappa shape index (κ3) is 3.23. The number of hydrogen-bond acceptors (Lipinski definition) is 4. The van der Waals surface area contributed by atoms with Gasteiger partial charge in [-0.25, -0.2) is 0 Å². The molecule has 15 heavy (non-hydrogen) atoms. The number of amides is 1. The van der Waals surface area contributed by atoms with Gasteiger partial charge in [0.1, 0.15) is 5.75 Å². The van der Waals surface area contributed by atoms with Gasteiger partial charge in [0.05, 0.1) is 0 Å². The van der Waals surface area contributed by atoms with Crippen LogP contribution in [0.2, 0.25) is 0 Å². The smallest absolute Gasteiger partial charge is 0.255 e. The molecule has 82 valence electrons. The van der Waals surface area contributed by atoms with Crippen molar-refractivity contribution in [3.05, 3.63) is 29.8 Å². The summed E-state index contributed by atoms with van der Waals surface area (Å²) >= 11 is 0. The topological polar surface area (TPSA) is 104 Å². The highest BCUT2D eigenvalue weighted by molar-refractivity contribution is 5.75. The molecule has 0 saturated heterocycles. The van der Waals surface area contributed by atoms with Crippen LogP contribution in [-0.4, -0.2) is 19.1 Å². The average molecular weight is 209 g/mol. The molecule has 0 unspecified atom stereocenters. The van der Waals surface area contributed by atoms with E-state index in [0.29, 0.717) is 12.3 Å². The van der Waals surface area contributed by atoms with Gasteiger partial charge in [0.25, 0.3) is 5.91 Å². The number of hydrogen-bond donors (Lipinski definition) is 3. The van der Waals surface area contributed by atoms with Crippen LogP contribution in [0.5, 0.6) is 5.75 Å². The quantitative estimate of drug-likeness (QED) is 0.608. The predicted molar refractivity (Wildman–Crippen MR) is 57.1 cm³/mol. The molecule has 1 amide bonds. The van der Waals surface area contributed by atoms with E-state index in [0.717, 1.165) is 5.56 Å². The van der Waals surface area contributed by atoms with Crippen LogP contribution >= 0.6 is 0 Å². The summed E-state index contributed by atoms with van der Waals surface area (Å²) in [6.07, 6.45) is 0. The Morgan fingerprint density at radius 1 is 1.40 bits per heavy atom. The van der Waals surface area contributed by atoms with E-state index < -0.39 is 5.91 Å². The van der Waals surface area contributed by atoms with Crippen molar-refractivity contribution in [3.63, 3.8) is 0 Å². The van der Waals surface area contributed by atoms with Gasteiger partial charge in [0.15, 0.2) is 6.61 Å². The first-order chi connectivity index (χ1) is 7.15. The maximum atomic E-state index is 10.6. The highest BCUT2D eigenvalue weighted by atomic mass is 16.5. The van der Waals surface area contributed by atoms with Gasteiger partial charge in [-0.3, -0.25) is 4.79 Å². The van der Waals surface area contributed by atoms with Crippen molar-refractivity contribution in [1.82, 2.24) is 0 Å². The maximum absolute atomic E-state index is 10.6. The monoisotopic (exact) mass is 209 g/mol. The third-order valence-corrected chi connectivity index (χ3v) is 1.94. The summed E-state index contributed by atoms with van der Waals surface area (Å²) in [4.78, 5) is 10.6. The number of carbonyl (C=O) groups is 1. The Morgan fingerprint density at radius 3 is 2.67 bits per heavy atom. The summed E-state index contributed by atoms with van der Waals surface area (Å²) in [5.74, 6) is 0.0281. The lowest BCUT2D eigenvalue weighted by Crippen LogP contribution is -2.24. The Labute approximate surface area is 88.2 Å². The van der Waals surface area contributed by atoms with Crippen LogP contribution in [0.1, 0.15) is 11.6 Å². The molecular formula is C10H15N3O2. The Kier molecular flexibility index (Phi) is 4.08. The molecule has 0 heterocycles. The van der Waals surface area contributed by atoms with Crippen molar-refractivity contribution in [2.24, 2.45) is 17.2 Å². The SMILES string of the molecule is NC[C@@H](N)c1ccccc1OCC(N)=O. The molecular weight excluding hydrogens is 194 g/mol. The minimum Gasteiger partial charge on any atom is -0.483 e. The number of nitrogens with two attached hydrogens (primary N) is 3. The zero-order valence-electron chi connectivity index (χ0n) is 8.35. The van der Waals surface area contributed by atoms with E-state index >= 15 is 0 Å². The first kappa shape index (κ1) is 11.5. The molecule has 0 aliphatic heterocycles. The fourth-order valence-corrected chi connectivity index (χ4v) is 1.19. The average Bonchev–Trinajstić information content (AvgIpc) is 2.25. The standard InChI is InChI=1S/C10H15N3O2/c11-5-8(12)7-3-1-2-4-9(7)15-6-10(13)14/h1-4,8H,5-6,11-12H2,(H2,13,14)/t8-/m1/s1. The largest absolute Gasteiger partial charge is 0.483 e. The lowest BCUT2D eigenvalue weighted by molar-refractivity contribution is -0.119. The molecule has 1 aromatic carbocycles. The summed E-state index contributed by atoms with van der Waals surface area (Å²) in [5.41, 5.74) is 17.0. The second kappa shape index (κ2) is 5.33. The number of benzene rings is 1. The zero-order valence-corrected chi connectivity index (χ0v) is 8.35. The van der Waals surface area contributed by atoms with Gasteiger partial charge in [-0.2, -0.15) is 0 Å². The minimum absolute atomic E-state index is 0.158. The number of carbonyl (C=O) groups excluding carboxylic acids is 1. The Balaban J connectivity index is 2.81. The molecule has 1 aromatic rings. The molecule has 1 atom stereocenters. The Bertz CT molecular complexity index is 341. The lowest BCUT2D eigenvalue weighted by Gasteiger charge is -2.14. The molecule has 0 radical (unpaired) electrons. The van der Waals surface area contributed by atoms with Crippen molar-refractivity contribution in [3.8, 4) is 5.75 Å². The summed E-state index contributed by atoms with van der Waals surface area (Å²) in [5, 5.41) is 0. The Hall–Kier alpha value is -1.59. The number of para-hydroxylation sites is 1. The van der Waals surface area contributed by atoms with Gasteiger partial charge in [0.2, 0.25) is 0 Å². The van der Waals surface area contributed by atoms with E-state index in [-0.39, 0.29) is 12.6 Å². The van der Waals surface area contributed by atoms with Gasteiger partial charge in [0, 0.05) is 18.2 Å². The van der Waals surface area contributed by atoms with Crippen LogP contribution in [-0.2, 0) is 4.79 Å². The molecule has 0 aromatic heterocycles. The van der Waals surface area contributed by atoms with Crippen molar-refractivity contribution in [2.75, 3.05) is 13.2 Å². The fourth-order valence-electron chi connectivity index (χ4n) is 1.19. The molecule has 0 aliphatic rings. The normalized spacial score (nSPS) is 12.1. The summed E-state index contributed by atoms with van der Waals surface area (Å²) in [6.45, 7) is 0.158. The molecule has 1 rings (SSSR count). The van der Waals surface area contributed by atoms with Crippen molar-refractivity contribution in [2.45, 2.75) is 6.04 Å². The lowest BCUT2D eigenvalue weighted by atomic mass is 10.1. The van der Waals surface area contributed by atoms with Crippen LogP contribution in [0.4, 0.5) is 0 Å². The molecule has 0 bridgehead atoms. The molecule has 0 saturated carbocycles. The molecule has 5 heteroatoms. The third-order valence-electron chi connectivity index (χ3n) is 1.94. The van der Waals surface area contributed by atoms with E-state index in [1.54, 1.807) is 12.1 Å². The van der Waals surface area contributed by atoms with Gasteiger partial charge < -0.3 is 21.9 Å². The van der Waals surface area contributed by atoms with Crippen LogP contribution in [0.15, 0.2) is 24.3 Å². The van der Waals surface area contributed by atoms with Gasteiger partial charge in [-0.15, -0.1) is 0 Å². The second-order valence-electron chi connectivity index (χ2n) is 3.14. The van der Waals surface area contributed by atoms with E-state index in [4.69, 9.17) is 21.9 Å². The van der Waals surface area contributed by atoms with Crippen molar-refractivity contribution >= 4 is 5.91 Å². The fraction of sp³-hybridized carbons (Fsp3) is 0.300. The Morgan fingerprint density at radius 2 is 2.07 bits per heavy atom. The minimum atomic E-state index is -0.522. The molecule has 0 spiro atoms. The predicted octanol–water partition coefficient (Wildman–Crippen LogP) is -0.491. The van der Waals surface area contributed by atoms with Crippen LogP contribution in [0, 0.1) is 0 Å². The number of rotatable bonds is 5. The highest BCUT2D eigenvalue weighted by Crippen LogP contribution is 2.22. The zero-order chi connectivity index (χ0) is 11.3. The number of ether oxygens (including phenoxy) is 1. The second-order valence-corrected chi connectivity index (χ2v) is 3.14. The van der Waals surface area contributed by atoms with Crippen LogP contribution in [0.25, 0.3) is 0 Å². The summed E-state index contributed by atoms with van der Waals surface area (Å²) < 4.78 is 5.21. The number of primary amides is 1. The highest BCUT2D eigenvalue weighted by Gasteiger charge is 2.10. The summed E-state index contributed by atoms with van der Waals surface area (Å²) in [6, 6.07) is 6.88. The van der Waals surface area contributed by atoms with E-state index in [1.165, 1.54) is 0 Å². The summed E-state index contributed by atoms with van der Waals surface area (Å²) in [7, 11) is 0. The van der Waals surface area contributed by atoms with E-state index in [1.807, 2.05) is 12.1 Å².